The van der Waals surface area contributed by atoms with Crippen LogP contribution in [-0.2, 0) is 16.4 Å². The molecular formula is C15H24N2O4S. The Morgan fingerprint density at radius 1 is 1.50 bits per heavy atom. The average molecular weight is 328 g/mol. The number of amides is 1. The number of sulfonamides is 1. The molecule has 124 valence electrons. The van der Waals surface area contributed by atoms with E-state index in [1.165, 1.54) is 10.6 Å². The lowest BCUT2D eigenvalue weighted by atomic mass is 10.1. The number of rotatable bonds is 4. The third-order valence-electron chi connectivity index (χ3n) is 4.27. The third-order valence-corrected chi connectivity index (χ3v) is 5.62. The van der Waals surface area contributed by atoms with Gasteiger partial charge in [-0.15, -0.1) is 0 Å². The van der Waals surface area contributed by atoms with Gasteiger partial charge in [0.2, 0.25) is 10.0 Å². The highest BCUT2D eigenvalue weighted by molar-refractivity contribution is 7.88. The molecule has 1 aliphatic rings. The molecule has 7 heteroatoms. The van der Waals surface area contributed by atoms with Crippen molar-refractivity contribution in [2.45, 2.75) is 39.2 Å². The minimum atomic E-state index is -3.25. The molecule has 1 aliphatic heterocycles. The number of hydrogen-bond donors (Lipinski definition) is 0. The molecule has 1 unspecified atom stereocenters. The van der Waals surface area contributed by atoms with Crippen LogP contribution in [0.3, 0.4) is 0 Å². The second kappa shape index (κ2) is 6.42. The predicted molar refractivity (Wildman–Crippen MR) is 84.4 cm³/mol. The Labute approximate surface area is 132 Å². The summed E-state index contributed by atoms with van der Waals surface area (Å²) in [4.78, 5) is 14.3. The fourth-order valence-corrected chi connectivity index (χ4v) is 3.55. The standard InChI is InChI=1S/C15H24N2O4S/c1-5-13-11(2)9-14(21-13)15(18)17-8-6-7-12(10-17)16(3)22(4,19)20/h9,12H,5-8,10H2,1-4H3. The largest absolute Gasteiger partial charge is 0.456 e. The van der Waals surface area contributed by atoms with E-state index in [-0.39, 0.29) is 11.9 Å². The Kier molecular flexibility index (Phi) is 4.97. The fraction of sp³-hybridized carbons (Fsp3) is 0.667. The second-order valence-electron chi connectivity index (χ2n) is 5.90. The van der Waals surface area contributed by atoms with Crippen LogP contribution in [0.2, 0.25) is 0 Å². The van der Waals surface area contributed by atoms with Crippen LogP contribution in [0.1, 0.15) is 41.6 Å². The Morgan fingerprint density at radius 2 is 2.18 bits per heavy atom. The molecule has 0 radical (unpaired) electrons. The van der Waals surface area contributed by atoms with E-state index in [0.717, 1.165) is 30.6 Å². The first-order valence-electron chi connectivity index (χ1n) is 7.55. The molecule has 0 saturated carbocycles. The number of likely N-dealkylation sites (tertiary alicyclic amines) is 1. The van der Waals surface area contributed by atoms with Gasteiger partial charge in [0.25, 0.3) is 5.91 Å². The zero-order valence-corrected chi connectivity index (χ0v) is 14.4. The van der Waals surface area contributed by atoms with Crippen molar-refractivity contribution < 1.29 is 17.6 Å². The van der Waals surface area contributed by atoms with E-state index < -0.39 is 10.0 Å². The van der Waals surface area contributed by atoms with Gasteiger partial charge in [0, 0.05) is 32.6 Å². The number of likely N-dealkylation sites (N-methyl/N-ethyl adjacent to an activating group) is 1. The Balaban J connectivity index is 2.13. The molecule has 1 atom stereocenters. The molecule has 22 heavy (non-hydrogen) atoms. The highest BCUT2D eigenvalue weighted by Crippen LogP contribution is 2.21. The summed E-state index contributed by atoms with van der Waals surface area (Å²) in [5.41, 5.74) is 0.979. The van der Waals surface area contributed by atoms with Crippen LogP contribution < -0.4 is 0 Å². The van der Waals surface area contributed by atoms with Gasteiger partial charge in [-0.1, -0.05) is 6.92 Å². The molecule has 0 bridgehead atoms. The van der Waals surface area contributed by atoms with E-state index in [9.17, 15) is 13.2 Å². The van der Waals surface area contributed by atoms with Gasteiger partial charge < -0.3 is 9.32 Å². The molecule has 0 spiro atoms. The minimum absolute atomic E-state index is 0.158. The minimum Gasteiger partial charge on any atom is -0.456 e. The van der Waals surface area contributed by atoms with Gasteiger partial charge >= 0.3 is 0 Å². The van der Waals surface area contributed by atoms with Gasteiger partial charge in [-0.25, -0.2) is 12.7 Å². The number of aryl methyl sites for hydroxylation is 2. The lowest BCUT2D eigenvalue weighted by molar-refractivity contribution is 0.0632. The van der Waals surface area contributed by atoms with Crippen LogP contribution in [0.5, 0.6) is 0 Å². The maximum atomic E-state index is 12.6. The Morgan fingerprint density at radius 3 is 2.73 bits per heavy atom. The van der Waals surface area contributed by atoms with Gasteiger partial charge in [-0.05, 0) is 31.4 Å². The molecule has 1 aromatic heterocycles. The SMILES string of the molecule is CCc1oc(C(=O)N2CCCC(N(C)S(C)(=O)=O)C2)cc1C. The Bertz CT molecular complexity index is 650. The predicted octanol–water partition coefficient (Wildman–Crippen LogP) is 1.65. The monoisotopic (exact) mass is 328 g/mol. The van der Waals surface area contributed by atoms with Gasteiger partial charge in [-0.2, -0.15) is 0 Å². The maximum absolute atomic E-state index is 12.6. The molecule has 0 N–H and O–H groups in total. The number of carbonyl (C=O) groups is 1. The second-order valence-corrected chi connectivity index (χ2v) is 7.94. The first-order chi connectivity index (χ1) is 10.2. The van der Waals surface area contributed by atoms with E-state index in [1.807, 2.05) is 13.8 Å². The van der Waals surface area contributed by atoms with Crippen molar-refractivity contribution in [3.8, 4) is 0 Å². The Hall–Kier alpha value is -1.34. The zero-order valence-electron chi connectivity index (χ0n) is 13.6. The van der Waals surface area contributed by atoms with Crippen LogP contribution >= 0.6 is 0 Å². The molecule has 6 nitrogen and oxygen atoms in total. The molecule has 1 amide bonds. The maximum Gasteiger partial charge on any atom is 0.289 e. The van der Waals surface area contributed by atoms with E-state index in [2.05, 4.69) is 0 Å². The smallest absolute Gasteiger partial charge is 0.289 e. The molecule has 1 aromatic rings. The van der Waals surface area contributed by atoms with E-state index in [1.54, 1.807) is 18.0 Å². The molecule has 1 fully saturated rings. The zero-order chi connectivity index (χ0) is 16.5. The van der Waals surface area contributed by atoms with Crippen molar-refractivity contribution in [1.29, 1.82) is 0 Å². The van der Waals surface area contributed by atoms with Crippen molar-refractivity contribution in [3.63, 3.8) is 0 Å². The molecular weight excluding hydrogens is 304 g/mol. The van der Waals surface area contributed by atoms with Gasteiger partial charge in [0.15, 0.2) is 5.76 Å². The van der Waals surface area contributed by atoms with E-state index in [0.29, 0.717) is 18.8 Å². The van der Waals surface area contributed by atoms with Crippen LogP contribution in [0.4, 0.5) is 0 Å². The molecule has 1 saturated heterocycles. The van der Waals surface area contributed by atoms with Crippen LogP contribution in [0, 0.1) is 6.92 Å². The van der Waals surface area contributed by atoms with Crippen LogP contribution in [0.25, 0.3) is 0 Å². The molecule has 0 aliphatic carbocycles. The highest BCUT2D eigenvalue weighted by Gasteiger charge is 2.31. The van der Waals surface area contributed by atoms with Gasteiger partial charge in [0.05, 0.1) is 6.26 Å². The summed E-state index contributed by atoms with van der Waals surface area (Å²) in [6, 6.07) is 1.60. The van der Waals surface area contributed by atoms with E-state index >= 15 is 0 Å². The van der Waals surface area contributed by atoms with Crippen molar-refractivity contribution in [3.05, 3.63) is 23.2 Å². The number of hydrogen-bond acceptors (Lipinski definition) is 4. The summed E-state index contributed by atoms with van der Waals surface area (Å²) in [5, 5.41) is 0. The van der Waals surface area contributed by atoms with Gasteiger partial charge in [-0.3, -0.25) is 4.79 Å². The topological polar surface area (TPSA) is 70.8 Å². The summed E-state index contributed by atoms with van der Waals surface area (Å²) < 4.78 is 30.3. The van der Waals surface area contributed by atoms with Crippen molar-refractivity contribution >= 4 is 15.9 Å². The third kappa shape index (κ3) is 3.52. The number of carbonyl (C=O) groups excluding carboxylic acids is 1. The number of piperidine rings is 1. The summed E-state index contributed by atoms with van der Waals surface area (Å²) in [7, 11) is -1.68. The summed E-state index contributed by atoms with van der Waals surface area (Å²) in [5.74, 6) is 1.01. The average Bonchev–Trinajstić information content (AvgIpc) is 2.86. The number of nitrogens with zero attached hydrogens (tertiary/aromatic N) is 2. The lowest BCUT2D eigenvalue weighted by Crippen LogP contribution is -2.49. The normalized spacial score (nSPS) is 19.7. The van der Waals surface area contributed by atoms with E-state index in [4.69, 9.17) is 4.42 Å². The molecule has 2 rings (SSSR count). The summed E-state index contributed by atoms with van der Waals surface area (Å²) in [6.07, 6.45) is 3.50. The fourth-order valence-electron chi connectivity index (χ4n) is 2.84. The molecule has 0 aromatic carbocycles. The highest BCUT2D eigenvalue weighted by atomic mass is 32.2. The summed E-state index contributed by atoms with van der Waals surface area (Å²) >= 11 is 0. The van der Waals surface area contributed by atoms with Crippen LogP contribution in [0.15, 0.2) is 10.5 Å². The number of furan rings is 1. The van der Waals surface area contributed by atoms with Crippen molar-refractivity contribution in [2.75, 3.05) is 26.4 Å². The summed E-state index contributed by atoms with van der Waals surface area (Å²) in [6.45, 7) is 4.95. The van der Waals surface area contributed by atoms with Gasteiger partial charge in [0.1, 0.15) is 5.76 Å². The lowest BCUT2D eigenvalue weighted by Gasteiger charge is -2.36. The quantitative estimate of drug-likeness (QED) is 0.842. The first kappa shape index (κ1) is 17.0. The van der Waals surface area contributed by atoms with Crippen LogP contribution in [-0.4, -0.2) is 56.0 Å². The van der Waals surface area contributed by atoms with Crippen molar-refractivity contribution in [2.24, 2.45) is 0 Å². The first-order valence-corrected chi connectivity index (χ1v) is 9.40. The van der Waals surface area contributed by atoms with Crippen molar-refractivity contribution in [1.82, 2.24) is 9.21 Å². The molecule has 2 heterocycles.